The molecule has 1 amide bonds. The molecule has 5 nitrogen and oxygen atoms in total. The van der Waals surface area contributed by atoms with Gasteiger partial charge >= 0.3 is 6.18 Å². The average molecular weight is 384 g/mol. The molecule has 0 saturated heterocycles. The van der Waals surface area contributed by atoms with Gasteiger partial charge in [0.2, 0.25) is 0 Å². The number of ether oxygens (including phenoxy) is 1. The molecule has 1 saturated carbocycles. The zero-order valence-electron chi connectivity index (χ0n) is 15.3. The fourth-order valence-corrected chi connectivity index (χ4v) is 3.62. The van der Waals surface area contributed by atoms with Crippen LogP contribution in [0, 0.1) is 5.92 Å². The van der Waals surface area contributed by atoms with Gasteiger partial charge in [-0.25, -0.2) is 0 Å². The van der Waals surface area contributed by atoms with Crippen LogP contribution in [-0.2, 0) is 4.79 Å². The Morgan fingerprint density at radius 3 is 2.59 bits per heavy atom. The Morgan fingerprint density at radius 1 is 1.33 bits per heavy atom. The predicted molar refractivity (Wildman–Crippen MR) is 93.3 cm³/mol. The maximum Gasteiger partial charge on any atom is 0.439 e. The van der Waals surface area contributed by atoms with Crippen molar-refractivity contribution in [2.24, 2.45) is 11.0 Å². The molecular formula is C19H23F3N2O3. The highest BCUT2D eigenvalue weighted by atomic mass is 19.4. The summed E-state index contributed by atoms with van der Waals surface area (Å²) in [6.45, 7) is 3.43. The van der Waals surface area contributed by atoms with E-state index in [-0.39, 0.29) is 17.1 Å². The fraction of sp³-hybridized carbons (Fsp3) is 0.579. The van der Waals surface area contributed by atoms with E-state index in [0.717, 1.165) is 5.56 Å². The third-order valence-electron chi connectivity index (χ3n) is 5.18. The van der Waals surface area contributed by atoms with Crippen molar-refractivity contribution in [2.75, 3.05) is 6.61 Å². The second-order valence-corrected chi connectivity index (χ2v) is 7.33. The summed E-state index contributed by atoms with van der Waals surface area (Å²) < 4.78 is 46.3. The van der Waals surface area contributed by atoms with Crippen LogP contribution < -0.4 is 4.74 Å². The second-order valence-electron chi connectivity index (χ2n) is 7.33. The van der Waals surface area contributed by atoms with Crippen molar-refractivity contribution < 1.29 is 27.8 Å². The van der Waals surface area contributed by atoms with Crippen LogP contribution in [0.4, 0.5) is 13.2 Å². The Balaban J connectivity index is 1.75. The molecule has 0 unspecified atom stereocenters. The largest absolute Gasteiger partial charge is 0.484 e. The number of aliphatic hydroxyl groups is 1. The lowest BCUT2D eigenvalue weighted by atomic mass is 9.80. The topological polar surface area (TPSA) is 62.1 Å². The van der Waals surface area contributed by atoms with Crippen LogP contribution in [0.25, 0.3) is 0 Å². The molecule has 148 valence electrons. The molecule has 1 aromatic rings. The van der Waals surface area contributed by atoms with E-state index in [2.05, 4.69) is 5.10 Å². The number of carbonyl (C=O) groups excluding carboxylic acids is 1. The van der Waals surface area contributed by atoms with Gasteiger partial charge in [0.1, 0.15) is 5.75 Å². The van der Waals surface area contributed by atoms with Crippen molar-refractivity contribution in [1.29, 1.82) is 0 Å². The van der Waals surface area contributed by atoms with Crippen LogP contribution >= 0.6 is 0 Å². The van der Waals surface area contributed by atoms with E-state index in [1.54, 1.807) is 12.1 Å². The number of carbonyl (C=O) groups is 1. The first kappa shape index (κ1) is 19.7. The van der Waals surface area contributed by atoms with Crippen molar-refractivity contribution in [3.05, 3.63) is 29.8 Å². The number of fused-ring (bicyclic) bond motifs is 1. The summed E-state index contributed by atoms with van der Waals surface area (Å²) in [6.07, 6.45) is -3.25. The molecular weight excluding hydrogens is 361 g/mol. The van der Waals surface area contributed by atoms with E-state index in [9.17, 15) is 23.1 Å². The number of hydrogen-bond donors (Lipinski definition) is 1. The lowest BCUT2D eigenvalue weighted by molar-refractivity contribution is -0.317. The molecule has 3 rings (SSSR count). The molecule has 1 heterocycles. The smallest absolute Gasteiger partial charge is 0.439 e. The van der Waals surface area contributed by atoms with Gasteiger partial charge in [0, 0.05) is 5.71 Å². The Bertz CT molecular complexity index is 731. The highest BCUT2D eigenvalue weighted by molar-refractivity contribution is 5.93. The molecule has 0 aromatic heterocycles. The number of hydrazone groups is 1. The van der Waals surface area contributed by atoms with Gasteiger partial charge in [-0.05, 0) is 42.9 Å². The summed E-state index contributed by atoms with van der Waals surface area (Å²) >= 11 is 0. The SMILES string of the molecule is CC(C)c1ccc(OCC(=O)N2N=C3CCCC[C@H]3[C@@]2(O)C(F)(F)F)cc1. The van der Waals surface area contributed by atoms with Crippen LogP contribution in [0.2, 0.25) is 0 Å². The first-order valence-corrected chi connectivity index (χ1v) is 9.07. The number of alkyl halides is 3. The van der Waals surface area contributed by atoms with E-state index in [0.29, 0.717) is 30.9 Å². The van der Waals surface area contributed by atoms with Crippen LogP contribution in [0.15, 0.2) is 29.4 Å². The number of nitrogens with zero attached hydrogens (tertiary/aromatic N) is 2. The summed E-state index contributed by atoms with van der Waals surface area (Å²) in [4.78, 5) is 12.4. The number of rotatable bonds is 4. The highest BCUT2D eigenvalue weighted by Gasteiger charge is 2.68. The molecule has 8 heteroatoms. The van der Waals surface area contributed by atoms with Crippen LogP contribution in [0.1, 0.15) is 51.0 Å². The first-order chi connectivity index (χ1) is 12.6. The normalized spacial score (nSPS) is 25.4. The molecule has 0 radical (unpaired) electrons. The predicted octanol–water partition coefficient (Wildman–Crippen LogP) is 3.83. The summed E-state index contributed by atoms with van der Waals surface area (Å²) in [5.41, 5.74) is -1.99. The molecule has 1 aromatic carbocycles. The Hall–Kier alpha value is -2.09. The summed E-state index contributed by atoms with van der Waals surface area (Å²) in [6, 6.07) is 6.99. The van der Waals surface area contributed by atoms with Gasteiger partial charge in [-0.3, -0.25) is 4.79 Å². The molecule has 2 atom stereocenters. The van der Waals surface area contributed by atoms with Gasteiger partial charge in [-0.2, -0.15) is 23.3 Å². The van der Waals surface area contributed by atoms with Gasteiger partial charge in [-0.15, -0.1) is 0 Å². The Kier molecular flexibility index (Phi) is 5.20. The standard InChI is InChI=1S/C19H23F3N2O3/c1-12(2)13-7-9-14(10-8-13)27-11-17(25)24-18(26,19(20,21)22)15-5-3-4-6-16(15)23-24/h7-10,12,15,26H,3-6,11H2,1-2H3/t15-,18-/m1/s1. The number of amides is 1. The minimum Gasteiger partial charge on any atom is -0.484 e. The van der Waals surface area contributed by atoms with E-state index >= 15 is 0 Å². The van der Waals surface area contributed by atoms with Gasteiger partial charge < -0.3 is 9.84 Å². The first-order valence-electron chi connectivity index (χ1n) is 9.07. The third-order valence-corrected chi connectivity index (χ3v) is 5.18. The third kappa shape index (κ3) is 3.54. The molecule has 1 fully saturated rings. The van der Waals surface area contributed by atoms with Crippen LogP contribution in [0.5, 0.6) is 5.75 Å². The Labute approximate surface area is 155 Å². The number of halogens is 3. The minimum absolute atomic E-state index is 0.149. The van der Waals surface area contributed by atoms with E-state index < -0.39 is 30.3 Å². The van der Waals surface area contributed by atoms with Crippen molar-refractivity contribution in [1.82, 2.24) is 5.01 Å². The molecule has 2 aliphatic rings. The lowest BCUT2D eigenvalue weighted by Crippen LogP contribution is -2.62. The van der Waals surface area contributed by atoms with Crippen molar-refractivity contribution in [3.63, 3.8) is 0 Å². The molecule has 0 bridgehead atoms. The molecule has 1 aliphatic heterocycles. The summed E-state index contributed by atoms with van der Waals surface area (Å²) in [7, 11) is 0. The molecule has 1 aliphatic carbocycles. The van der Waals surface area contributed by atoms with Gasteiger partial charge in [0.15, 0.2) is 6.61 Å². The zero-order valence-corrected chi connectivity index (χ0v) is 15.3. The zero-order chi connectivity index (χ0) is 19.8. The van der Waals surface area contributed by atoms with Gasteiger partial charge in [0.05, 0.1) is 5.92 Å². The quantitative estimate of drug-likeness (QED) is 0.858. The lowest BCUT2D eigenvalue weighted by Gasteiger charge is -2.38. The van der Waals surface area contributed by atoms with Crippen molar-refractivity contribution >= 4 is 11.6 Å². The summed E-state index contributed by atoms with van der Waals surface area (Å²) in [5.74, 6) is -1.54. The molecule has 0 spiro atoms. The average Bonchev–Trinajstić information content (AvgIpc) is 2.94. The van der Waals surface area contributed by atoms with Gasteiger partial charge in [-0.1, -0.05) is 32.4 Å². The van der Waals surface area contributed by atoms with E-state index in [1.807, 2.05) is 26.0 Å². The fourth-order valence-electron chi connectivity index (χ4n) is 3.62. The summed E-state index contributed by atoms with van der Waals surface area (Å²) in [5, 5.41) is 14.5. The number of benzene rings is 1. The van der Waals surface area contributed by atoms with E-state index in [1.165, 1.54) is 0 Å². The Morgan fingerprint density at radius 2 is 2.00 bits per heavy atom. The highest BCUT2D eigenvalue weighted by Crippen LogP contribution is 2.48. The number of hydrogen-bond acceptors (Lipinski definition) is 4. The maximum atomic E-state index is 13.7. The monoisotopic (exact) mass is 384 g/mol. The van der Waals surface area contributed by atoms with Gasteiger partial charge in [0.25, 0.3) is 11.6 Å². The van der Waals surface area contributed by atoms with Crippen molar-refractivity contribution in [3.8, 4) is 5.75 Å². The maximum absolute atomic E-state index is 13.7. The minimum atomic E-state index is -5.01. The van der Waals surface area contributed by atoms with Crippen LogP contribution in [0.3, 0.4) is 0 Å². The van der Waals surface area contributed by atoms with Crippen molar-refractivity contribution in [2.45, 2.75) is 57.3 Å². The second kappa shape index (κ2) is 7.14. The van der Waals surface area contributed by atoms with E-state index in [4.69, 9.17) is 4.74 Å². The molecule has 1 N–H and O–H groups in total. The molecule has 27 heavy (non-hydrogen) atoms. The van der Waals surface area contributed by atoms with Crippen LogP contribution in [-0.4, -0.2) is 40.2 Å².